The van der Waals surface area contributed by atoms with Crippen molar-refractivity contribution >= 4 is 17.7 Å². The highest BCUT2D eigenvalue weighted by Crippen LogP contribution is 2.21. The summed E-state index contributed by atoms with van der Waals surface area (Å²) in [6.07, 6.45) is 0.270. The van der Waals surface area contributed by atoms with Gasteiger partial charge in [-0.2, -0.15) is 0 Å². The van der Waals surface area contributed by atoms with Gasteiger partial charge in [0, 0.05) is 25.8 Å². The van der Waals surface area contributed by atoms with Gasteiger partial charge in [0.2, 0.25) is 0 Å². The molecule has 0 bridgehead atoms. The molecule has 0 radical (unpaired) electrons. The molecule has 1 saturated heterocycles. The Morgan fingerprint density at radius 1 is 1.39 bits per heavy atom. The van der Waals surface area contributed by atoms with Gasteiger partial charge in [-0.05, 0) is 18.6 Å². The fourth-order valence-electron chi connectivity index (χ4n) is 1.63. The summed E-state index contributed by atoms with van der Waals surface area (Å²) in [5.74, 6) is -0.465. The molecule has 1 aromatic carbocycles. The third-order valence-corrected chi connectivity index (χ3v) is 2.88. The average Bonchev–Trinajstić information content (AvgIpc) is 2.62. The van der Waals surface area contributed by atoms with Gasteiger partial charge >= 0.3 is 6.09 Å². The summed E-state index contributed by atoms with van der Waals surface area (Å²) in [4.78, 5) is 13.4. The Balaban J connectivity index is 1.99. The van der Waals surface area contributed by atoms with Crippen molar-refractivity contribution in [1.29, 1.82) is 0 Å². The maximum Gasteiger partial charge on any atom is 0.415 e. The number of rotatable bonds is 1. The number of halogens is 2. The minimum Gasteiger partial charge on any atom is -0.410 e. The van der Waals surface area contributed by atoms with Crippen molar-refractivity contribution in [2.75, 3.05) is 26.3 Å². The quantitative estimate of drug-likeness (QED) is 0.790. The van der Waals surface area contributed by atoms with Gasteiger partial charge in [0.1, 0.15) is 11.6 Å². The molecule has 1 aliphatic rings. The third kappa shape index (κ3) is 3.34. The van der Waals surface area contributed by atoms with Gasteiger partial charge in [-0.3, -0.25) is 0 Å². The molecule has 0 N–H and O–H groups in total. The monoisotopic (exact) mass is 273 g/mol. The number of benzene rings is 1. The number of amides is 1. The smallest absolute Gasteiger partial charge is 0.410 e. The molecule has 0 atom stereocenters. The van der Waals surface area contributed by atoms with E-state index in [2.05, 4.69) is 0 Å². The lowest BCUT2D eigenvalue weighted by molar-refractivity contribution is 0.130. The molecule has 0 aromatic heterocycles. The first-order chi connectivity index (χ1) is 8.66. The molecule has 2 rings (SSSR count). The first kappa shape index (κ1) is 13.1. The maximum atomic E-state index is 13.2. The van der Waals surface area contributed by atoms with Crippen molar-refractivity contribution in [1.82, 2.24) is 4.90 Å². The Kier molecular flexibility index (Phi) is 4.38. The minimum absolute atomic E-state index is 0.00188. The van der Waals surface area contributed by atoms with Crippen LogP contribution in [0.4, 0.5) is 9.18 Å². The average molecular weight is 274 g/mol. The lowest BCUT2D eigenvalue weighted by Crippen LogP contribution is -2.35. The van der Waals surface area contributed by atoms with Crippen molar-refractivity contribution in [2.45, 2.75) is 6.42 Å². The van der Waals surface area contributed by atoms with Gasteiger partial charge in [0.25, 0.3) is 0 Å². The van der Waals surface area contributed by atoms with E-state index in [1.807, 2.05) is 0 Å². The summed E-state index contributed by atoms with van der Waals surface area (Å²) in [5, 5.41) is -0.00188. The molecular formula is C12H13ClFNO3. The fourth-order valence-corrected chi connectivity index (χ4v) is 1.75. The molecule has 0 unspecified atom stereocenters. The number of nitrogens with zero attached hydrogens (tertiary/aromatic N) is 1. The van der Waals surface area contributed by atoms with Gasteiger partial charge < -0.3 is 14.4 Å². The Bertz CT molecular complexity index is 433. The number of carbonyl (C=O) groups is 1. The lowest BCUT2D eigenvalue weighted by atomic mass is 10.3. The van der Waals surface area contributed by atoms with Crippen LogP contribution in [0.1, 0.15) is 6.42 Å². The van der Waals surface area contributed by atoms with Crippen molar-refractivity contribution in [3.8, 4) is 5.75 Å². The summed E-state index contributed by atoms with van der Waals surface area (Å²) in [7, 11) is 0. The third-order valence-electron chi connectivity index (χ3n) is 2.58. The Morgan fingerprint density at radius 2 is 2.22 bits per heavy atom. The summed E-state index contributed by atoms with van der Waals surface area (Å²) < 4.78 is 23.5. The molecule has 0 aliphatic carbocycles. The molecular weight excluding hydrogens is 261 g/mol. The molecule has 1 heterocycles. The van der Waals surface area contributed by atoms with Gasteiger partial charge in [0.05, 0.1) is 11.6 Å². The van der Waals surface area contributed by atoms with Crippen LogP contribution >= 0.6 is 11.6 Å². The van der Waals surface area contributed by atoms with E-state index in [1.54, 1.807) is 4.90 Å². The van der Waals surface area contributed by atoms with Crippen LogP contribution in [-0.4, -0.2) is 37.3 Å². The Morgan fingerprint density at radius 3 is 3.00 bits per heavy atom. The van der Waals surface area contributed by atoms with Crippen LogP contribution in [0.2, 0.25) is 5.02 Å². The summed E-state index contributed by atoms with van der Waals surface area (Å²) in [6.45, 7) is 2.19. The van der Waals surface area contributed by atoms with Crippen molar-refractivity contribution in [3.05, 3.63) is 29.0 Å². The zero-order valence-electron chi connectivity index (χ0n) is 9.70. The van der Waals surface area contributed by atoms with Gasteiger partial charge in [0.15, 0.2) is 0 Å². The van der Waals surface area contributed by atoms with Crippen LogP contribution in [0.15, 0.2) is 18.2 Å². The number of carbonyl (C=O) groups excluding carboxylic acids is 1. The van der Waals surface area contributed by atoms with E-state index >= 15 is 0 Å². The van der Waals surface area contributed by atoms with E-state index in [4.69, 9.17) is 21.1 Å². The number of hydrogen-bond donors (Lipinski definition) is 0. The SMILES string of the molecule is O=C(Oc1ccc(Cl)c(F)c1)N1CCCOCC1. The second kappa shape index (κ2) is 6.02. The standard InChI is InChI=1S/C12H13ClFNO3/c13-10-3-2-9(8-11(10)14)18-12(16)15-4-1-6-17-7-5-15/h2-3,8H,1,4-7H2. The van der Waals surface area contributed by atoms with Crippen LogP contribution in [0.3, 0.4) is 0 Å². The van der Waals surface area contributed by atoms with Crippen LogP contribution in [0.5, 0.6) is 5.75 Å². The van der Waals surface area contributed by atoms with Crippen molar-refractivity contribution in [2.24, 2.45) is 0 Å². The van der Waals surface area contributed by atoms with E-state index in [0.29, 0.717) is 26.3 Å². The topological polar surface area (TPSA) is 38.8 Å². The van der Waals surface area contributed by atoms with Crippen molar-refractivity contribution < 1.29 is 18.7 Å². The molecule has 6 heteroatoms. The largest absolute Gasteiger partial charge is 0.415 e. The number of ether oxygens (including phenoxy) is 2. The molecule has 0 spiro atoms. The Labute approximate surface area is 109 Å². The number of hydrogen-bond acceptors (Lipinski definition) is 3. The van der Waals surface area contributed by atoms with Gasteiger partial charge in [-0.15, -0.1) is 0 Å². The van der Waals surface area contributed by atoms with Crippen LogP contribution in [-0.2, 0) is 4.74 Å². The normalized spacial score (nSPS) is 16.2. The van der Waals surface area contributed by atoms with E-state index in [0.717, 1.165) is 12.5 Å². The molecule has 4 nitrogen and oxygen atoms in total. The van der Waals surface area contributed by atoms with Crippen molar-refractivity contribution in [3.63, 3.8) is 0 Å². The van der Waals surface area contributed by atoms with E-state index in [9.17, 15) is 9.18 Å². The second-order valence-electron chi connectivity index (χ2n) is 3.90. The predicted octanol–water partition coefficient (Wildman–Crippen LogP) is 2.70. The van der Waals surface area contributed by atoms with Crippen LogP contribution in [0.25, 0.3) is 0 Å². The van der Waals surface area contributed by atoms with Gasteiger partial charge in [-0.1, -0.05) is 11.6 Å². The zero-order chi connectivity index (χ0) is 13.0. The molecule has 1 amide bonds. The second-order valence-corrected chi connectivity index (χ2v) is 4.30. The summed E-state index contributed by atoms with van der Waals surface area (Å²) >= 11 is 5.55. The summed E-state index contributed by atoms with van der Waals surface area (Å²) in [6, 6.07) is 3.90. The molecule has 1 aliphatic heterocycles. The van der Waals surface area contributed by atoms with E-state index in [-0.39, 0.29) is 10.8 Å². The summed E-state index contributed by atoms with van der Waals surface area (Å²) in [5.41, 5.74) is 0. The van der Waals surface area contributed by atoms with Crippen LogP contribution in [0, 0.1) is 5.82 Å². The van der Waals surface area contributed by atoms with E-state index in [1.165, 1.54) is 12.1 Å². The maximum absolute atomic E-state index is 13.2. The predicted molar refractivity (Wildman–Crippen MR) is 64.4 cm³/mol. The fraction of sp³-hybridized carbons (Fsp3) is 0.417. The minimum atomic E-state index is -0.610. The molecule has 1 fully saturated rings. The zero-order valence-corrected chi connectivity index (χ0v) is 10.5. The van der Waals surface area contributed by atoms with Crippen LogP contribution < -0.4 is 4.74 Å². The van der Waals surface area contributed by atoms with E-state index < -0.39 is 11.9 Å². The van der Waals surface area contributed by atoms with Gasteiger partial charge in [-0.25, -0.2) is 9.18 Å². The molecule has 98 valence electrons. The first-order valence-electron chi connectivity index (χ1n) is 5.66. The highest BCUT2D eigenvalue weighted by atomic mass is 35.5. The molecule has 1 aromatic rings. The molecule has 18 heavy (non-hydrogen) atoms. The highest BCUT2D eigenvalue weighted by molar-refractivity contribution is 6.30. The molecule has 0 saturated carbocycles. The lowest BCUT2D eigenvalue weighted by Gasteiger charge is -2.18. The first-order valence-corrected chi connectivity index (χ1v) is 6.04. The highest BCUT2D eigenvalue weighted by Gasteiger charge is 2.18. The Hall–Kier alpha value is -1.33.